The average Bonchev–Trinajstić information content (AvgIpc) is 3.34. The summed E-state index contributed by atoms with van der Waals surface area (Å²) in [7, 11) is 2.08. The Labute approximate surface area is 205 Å². The molecule has 0 unspecified atom stereocenters. The largest absolute Gasteiger partial charge is 0.415 e. The van der Waals surface area contributed by atoms with Crippen LogP contribution < -0.4 is 20.7 Å². The van der Waals surface area contributed by atoms with Crippen LogP contribution in [0, 0.1) is 5.41 Å². The van der Waals surface area contributed by atoms with Gasteiger partial charge in [0, 0.05) is 49.4 Å². The van der Waals surface area contributed by atoms with Gasteiger partial charge in [0.25, 0.3) is 16.7 Å². The van der Waals surface area contributed by atoms with Crippen LogP contribution in [0.3, 0.4) is 0 Å². The first kappa shape index (κ1) is 22.5. The Morgan fingerprint density at radius 2 is 1.67 bits per heavy atom. The molecule has 2 aliphatic rings. The molecule has 0 bridgehead atoms. The molecule has 2 saturated heterocycles. The standard InChI is InChI=1S/C26H23F2N5O3/c1-31-12-26(13-31)14-32(15-26)19-20(22(35)21(19)34)33(18-5-3-2-4-6-18)11-16-7-9-17(10-8-16)24-29-30-25(36-24)23(27)28/h2-10,23H,11-15H2,1H3. The molecule has 10 heteroatoms. The number of anilines is 3. The highest BCUT2D eigenvalue weighted by Gasteiger charge is 2.52. The second-order valence-corrected chi connectivity index (χ2v) is 9.75. The van der Waals surface area contributed by atoms with E-state index in [1.807, 2.05) is 52.3 Å². The van der Waals surface area contributed by atoms with Gasteiger partial charge in [-0.2, -0.15) is 8.78 Å². The van der Waals surface area contributed by atoms with Gasteiger partial charge in [0.1, 0.15) is 11.4 Å². The number of likely N-dealkylation sites (tertiary alicyclic amines) is 1. The van der Waals surface area contributed by atoms with Crippen LogP contribution in [-0.2, 0) is 6.54 Å². The molecule has 184 valence electrons. The van der Waals surface area contributed by atoms with Crippen molar-refractivity contribution in [3.8, 4) is 11.5 Å². The number of benzene rings is 2. The van der Waals surface area contributed by atoms with E-state index in [1.54, 1.807) is 12.1 Å². The Hall–Kier alpha value is -3.92. The quantitative estimate of drug-likeness (QED) is 0.364. The van der Waals surface area contributed by atoms with Gasteiger partial charge in [-0.15, -0.1) is 10.2 Å². The van der Waals surface area contributed by atoms with E-state index < -0.39 is 23.2 Å². The zero-order valence-corrected chi connectivity index (χ0v) is 19.5. The number of alkyl halides is 2. The van der Waals surface area contributed by atoms with Gasteiger partial charge in [0.05, 0.1) is 0 Å². The van der Waals surface area contributed by atoms with Crippen molar-refractivity contribution in [1.82, 2.24) is 15.1 Å². The molecule has 1 spiro atoms. The van der Waals surface area contributed by atoms with Crippen LogP contribution in [0.15, 0.2) is 68.6 Å². The summed E-state index contributed by atoms with van der Waals surface area (Å²) in [5, 5.41) is 7.05. The number of para-hydroxylation sites is 1. The van der Waals surface area contributed by atoms with Crippen molar-refractivity contribution in [2.45, 2.75) is 13.0 Å². The van der Waals surface area contributed by atoms with Crippen LogP contribution in [0.5, 0.6) is 0 Å². The van der Waals surface area contributed by atoms with Crippen molar-refractivity contribution < 1.29 is 13.2 Å². The first-order valence-corrected chi connectivity index (χ1v) is 11.6. The predicted octanol–water partition coefficient (Wildman–Crippen LogP) is 3.36. The monoisotopic (exact) mass is 491 g/mol. The van der Waals surface area contributed by atoms with E-state index in [2.05, 4.69) is 22.1 Å². The Morgan fingerprint density at radius 1 is 0.972 bits per heavy atom. The molecule has 1 aromatic heterocycles. The van der Waals surface area contributed by atoms with E-state index in [0.29, 0.717) is 23.5 Å². The van der Waals surface area contributed by atoms with E-state index in [-0.39, 0.29) is 11.3 Å². The zero-order valence-electron chi connectivity index (χ0n) is 19.5. The minimum Gasteiger partial charge on any atom is -0.415 e. The van der Waals surface area contributed by atoms with Crippen molar-refractivity contribution in [2.75, 3.05) is 43.0 Å². The molecule has 0 radical (unpaired) electrons. The van der Waals surface area contributed by atoms with Crippen LogP contribution in [0.1, 0.15) is 17.9 Å². The maximum absolute atomic E-state index is 12.8. The van der Waals surface area contributed by atoms with Gasteiger partial charge in [-0.3, -0.25) is 9.59 Å². The summed E-state index contributed by atoms with van der Waals surface area (Å²) in [5.41, 5.74) is 2.37. The molecule has 0 amide bonds. The van der Waals surface area contributed by atoms with Crippen molar-refractivity contribution in [1.29, 1.82) is 0 Å². The third-order valence-corrected chi connectivity index (χ3v) is 6.95. The van der Waals surface area contributed by atoms with E-state index >= 15 is 0 Å². The number of hydrogen-bond donors (Lipinski definition) is 0. The fourth-order valence-electron chi connectivity index (χ4n) is 5.41. The van der Waals surface area contributed by atoms with Gasteiger partial charge in [-0.25, -0.2) is 0 Å². The maximum Gasteiger partial charge on any atom is 0.314 e. The molecule has 4 aromatic rings. The lowest BCUT2D eigenvalue weighted by Crippen LogP contribution is -2.72. The van der Waals surface area contributed by atoms with Crippen LogP contribution in [-0.4, -0.2) is 48.3 Å². The first-order chi connectivity index (χ1) is 17.3. The van der Waals surface area contributed by atoms with Gasteiger partial charge in [-0.05, 0) is 36.9 Å². The van der Waals surface area contributed by atoms with Crippen molar-refractivity contribution in [2.24, 2.45) is 5.41 Å². The summed E-state index contributed by atoms with van der Waals surface area (Å²) in [5.74, 6) is -0.715. The SMILES string of the molecule is CN1CC2(C1)CN(c1c(N(Cc3ccc(-c4nnc(C(F)F)o4)cc3)c3ccccc3)c(=O)c1=O)C2. The molecular formula is C26H23F2N5O3. The van der Waals surface area contributed by atoms with Gasteiger partial charge >= 0.3 is 6.43 Å². The molecule has 0 N–H and O–H groups in total. The van der Waals surface area contributed by atoms with Gasteiger partial charge in [-0.1, -0.05) is 30.3 Å². The van der Waals surface area contributed by atoms with E-state index in [9.17, 15) is 18.4 Å². The molecule has 36 heavy (non-hydrogen) atoms. The van der Waals surface area contributed by atoms with Gasteiger partial charge < -0.3 is 19.1 Å². The number of aromatic nitrogens is 2. The lowest BCUT2D eigenvalue weighted by molar-refractivity contribution is -0.00254. The second-order valence-electron chi connectivity index (χ2n) is 9.75. The number of rotatable bonds is 7. The van der Waals surface area contributed by atoms with E-state index in [1.165, 1.54) is 0 Å². The van der Waals surface area contributed by atoms with E-state index in [4.69, 9.17) is 4.42 Å². The summed E-state index contributed by atoms with van der Waals surface area (Å²) >= 11 is 0. The highest BCUT2D eigenvalue weighted by atomic mass is 19.3. The third-order valence-electron chi connectivity index (χ3n) is 6.95. The smallest absolute Gasteiger partial charge is 0.314 e. The molecule has 0 saturated carbocycles. The summed E-state index contributed by atoms with van der Waals surface area (Å²) in [6.07, 6.45) is -2.83. The fraction of sp³-hybridized carbons (Fsp3) is 0.308. The normalized spacial score (nSPS) is 16.9. The lowest BCUT2D eigenvalue weighted by Gasteiger charge is -2.60. The van der Waals surface area contributed by atoms with Crippen molar-refractivity contribution in [3.05, 3.63) is 86.5 Å². The molecule has 0 aliphatic carbocycles. The number of hydrogen-bond acceptors (Lipinski definition) is 8. The minimum atomic E-state index is -2.83. The van der Waals surface area contributed by atoms with Gasteiger partial charge in [0.15, 0.2) is 0 Å². The second kappa shape index (κ2) is 8.34. The Balaban J connectivity index is 1.28. The summed E-state index contributed by atoms with van der Waals surface area (Å²) in [6, 6.07) is 16.5. The summed E-state index contributed by atoms with van der Waals surface area (Å²) in [4.78, 5) is 31.7. The van der Waals surface area contributed by atoms with Gasteiger partial charge in [0.2, 0.25) is 5.89 Å². The van der Waals surface area contributed by atoms with Crippen LogP contribution in [0.4, 0.5) is 25.8 Å². The minimum absolute atomic E-state index is 0.00915. The Kier molecular flexibility index (Phi) is 5.22. The molecule has 2 aliphatic heterocycles. The third kappa shape index (κ3) is 3.69. The molecular weight excluding hydrogens is 468 g/mol. The summed E-state index contributed by atoms with van der Waals surface area (Å²) in [6.45, 7) is 3.90. The highest BCUT2D eigenvalue weighted by Crippen LogP contribution is 2.43. The average molecular weight is 491 g/mol. The number of halogens is 2. The first-order valence-electron chi connectivity index (χ1n) is 11.6. The summed E-state index contributed by atoms with van der Waals surface area (Å²) < 4.78 is 30.6. The van der Waals surface area contributed by atoms with Crippen LogP contribution in [0.2, 0.25) is 0 Å². The van der Waals surface area contributed by atoms with Crippen molar-refractivity contribution in [3.63, 3.8) is 0 Å². The lowest BCUT2D eigenvalue weighted by atomic mass is 9.72. The number of nitrogens with zero attached hydrogens (tertiary/aromatic N) is 5. The molecule has 3 aromatic carbocycles. The molecule has 6 rings (SSSR count). The Morgan fingerprint density at radius 3 is 2.28 bits per heavy atom. The predicted molar refractivity (Wildman–Crippen MR) is 130 cm³/mol. The maximum atomic E-state index is 12.8. The van der Waals surface area contributed by atoms with Crippen molar-refractivity contribution >= 4 is 17.1 Å². The zero-order chi connectivity index (χ0) is 25.0. The Bertz CT molecular complexity index is 1460. The van der Waals surface area contributed by atoms with Crippen LogP contribution >= 0.6 is 0 Å². The molecule has 8 nitrogen and oxygen atoms in total. The molecule has 0 atom stereocenters. The molecule has 2 fully saturated rings. The van der Waals surface area contributed by atoms with E-state index in [0.717, 1.165) is 37.4 Å². The fourth-order valence-corrected chi connectivity index (χ4v) is 5.41. The topological polar surface area (TPSA) is 82.8 Å². The molecule has 3 heterocycles. The highest BCUT2D eigenvalue weighted by molar-refractivity contribution is 5.82. The van der Waals surface area contributed by atoms with Crippen LogP contribution in [0.25, 0.3) is 11.5 Å².